The molecule has 12 heteroatoms. The summed E-state index contributed by atoms with van der Waals surface area (Å²) >= 11 is 0. The Morgan fingerprint density at radius 1 is 0.818 bits per heavy atom. The maximum atomic E-state index is 13.1. The molecule has 0 N–H and O–H groups in total. The van der Waals surface area contributed by atoms with E-state index in [2.05, 4.69) is 4.74 Å². The fourth-order valence-electron chi connectivity index (χ4n) is 1.12. The van der Waals surface area contributed by atoms with E-state index in [4.69, 9.17) is 0 Å². The van der Waals surface area contributed by atoms with E-state index in [0.29, 0.717) is 0 Å². The summed E-state index contributed by atoms with van der Waals surface area (Å²) in [6, 6.07) is 0. The quantitative estimate of drug-likeness (QED) is 0.487. The summed E-state index contributed by atoms with van der Waals surface area (Å²) in [5.41, 5.74) is -4.03. The molecule has 0 aromatic rings. The van der Waals surface area contributed by atoms with Crippen LogP contribution in [0.3, 0.4) is 0 Å². The number of hydrogen-bond acceptors (Lipinski definition) is 1. The number of hydrogen-bond donors (Lipinski definition) is 0. The minimum Gasteiger partial charge on any atom is -0.488 e. The largest absolute Gasteiger partial charge is 0.488 e. The second-order valence-corrected chi connectivity index (χ2v) is 4.11. The lowest BCUT2D eigenvalue weighted by Crippen LogP contribution is -2.44. The highest BCUT2D eigenvalue weighted by Gasteiger charge is 2.67. The second kappa shape index (κ2) is 6.11. The number of alkyl halides is 11. The van der Waals surface area contributed by atoms with Gasteiger partial charge in [-0.3, -0.25) is 0 Å². The highest BCUT2D eigenvalue weighted by Crippen LogP contribution is 2.49. The maximum Gasteiger partial charge on any atom is 0.461 e. The number of rotatable bonds is 4. The van der Waals surface area contributed by atoms with Gasteiger partial charge in [-0.2, -0.15) is 48.3 Å². The summed E-state index contributed by atoms with van der Waals surface area (Å²) in [6.07, 6.45) is -21.9. The average molecular weight is 354 g/mol. The van der Waals surface area contributed by atoms with E-state index in [1.165, 1.54) is 0 Å². The van der Waals surface area contributed by atoms with Gasteiger partial charge in [-0.25, -0.2) is 0 Å². The average Bonchev–Trinajstić information content (AvgIpc) is 2.22. The zero-order valence-corrected chi connectivity index (χ0v) is 10.9. The number of allylic oxidation sites excluding steroid dienone is 2. The first-order valence-corrected chi connectivity index (χ1v) is 5.46. The van der Waals surface area contributed by atoms with Gasteiger partial charge in [0.15, 0.2) is 11.3 Å². The van der Waals surface area contributed by atoms with Crippen LogP contribution < -0.4 is 0 Å². The van der Waals surface area contributed by atoms with Crippen LogP contribution in [0.5, 0.6) is 0 Å². The van der Waals surface area contributed by atoms with Crippen molar-refractivity contribution in [1.29, 1.82) is 0 Å². The Kier molecular flexibility index (Phi) is 5.77. The van der Waals surface area contributed by atoms with Crippen molar-refractivity contribution in [3.63, 3.8) is 0 Å². The molecule has 0 saturated carbocycles. The van der Waals surface area contributed by atoms with E-state index in [1.54, 1.807) is 0 Å². The smallest absolute Gasteiger partial charge is 0.461 e. The first kappa shape index (κ1) is 20.8. The minimum atomic E-state index is -6.70. The van der Waals surface area contributed by atoms with E-state index in [9.17, 15) is 48.3 Å². The van der Waals surface area contributed by atoms with Gasteiger partial charge in [0.25, 0.3) is 0 Å². The van der Waals surface area contributed by atoms with Crippen molar-refractivity contribution in [1.82, 2.24) is 0 Å². The zero-order chi connectivity index (χ0) is 18.1. The molecule has 0 aromatic carbocycles. The van der Waals surface area contributed by atoms with Crippen LogP contribution in [0.4, 0.5) is 48.3 Å². The van der Waals surface area contributed by atoms with Crippen LogP contribution in [0.25, 0.3) is 0 Å². The molecule has 0 aromatic heterocycles. The maximum absolute atomic E-state index is 13.1. The van der Waals surface area contributed by atoms with E-state index in [0.717, 1.165) is 13.8 Å². The molecule has 0 aliphatic carbocycles. The summed E-state index contributed by atoms with van der Waals surface area (Å²) in [7, 11) is 0. The van der Waals surface area contributed by atoms with Gasteiger partial charge in [-0.15, -0.1) is 0 Å². The van der Waals surface area contributed by atoms with Crippen LogP contribution in [-0.2, 0) is 4.74 Å². The number of halogens is 11. The first-order chi connectivity index (χ1) is 9.46. The molecule has 1 nitrogen and oxygen atoms in total. The first-order valence-electron chi connectivity index (χ1n) is 5.46. The van der Waals surface area contributed by atoms with E-state index in [1.807, 2.05) is 0 Å². The predicted octanol–water partition coefficient (Wildman–Crippen LogP) is 5.38. The molecule has 0 radical (unpaired) electrons. The molecular formula is C10H9F11O. The fourth-order valence-corrected chi connectivity index (χ4v) is 1.12. The topological polar surface area (TPSA) is 9.23 Å². The molecule has 0 rings (SSSR count). The lowest BCUT2D eigenvalue weighted by molar-refractivity contribution is -0.283. The third-order valence-corrected chi connectivity index (χ3v) is 2.33. The van der Waals surface area contributed by atoms with Gasteiger partial charge in [0.1, 0.15) is 0 Å². The predicted molar refractivity (Wildman–Crippen MR) is 51.0 cm³/mol. The van der Waals surface area contributed by atoms with Crippen molar-refractivity contribution in [3.8, 4) is 0 Å². The van der Waals surface area contributed by atoms with Gasteiger partial charge < -0.3 is 4.74 Å². The Labute approximate surface area is 116 Å². The van der Waals surface area contributed by atoms with E-state index < -0.39 is 48.3 Å². The molecular weight excluding hydrogens is 345 g/mol. The lowest BCUT2D eigenvalue weighted by atomic mass is 10.1. The molecule has 0 aliphatic heterocycles. The van der Waals surface area contributed by atoms with Crippen LogP contribution in [0.1, 0.15) is 20.3 Å². The minimum absolute atomic E-state index is 0.402. The van der Waals surface area contributed by atoms with Gasteiger partial charge in [-0.05, 0) is 13.3 Å². The summed E-state index contributed by atoms with van der Waals surface area (Å²) < 4.78 is 141. The van der Waals surface area contributed by atoms with Gasteiger partial charge in [-0.1, -0.05) is 6.92 Å². The molecule has 0 amide bonds. The molecule has 0 heterocycles. The Balaban J connectivity index is 6.54. The molecule has 0 bridgehead atoms. The zero-order valence-electron chi connectivity index (χ0n) is 10.9. The molecule has 0 saturated heterocycles. The molecule has 22 heavy (non-hydrogen) atoms. The Bertz CT molecular complexity index is 396. The summed E-state index contributed by atoms with van der Waals surface area (Å²) in [6.45, 7) is 1.85. The van der Waals surface area contributed by atoms with Gasteiger partial charge in [0.2, 0.25) is 0 Å². The Morgan fingerprint density at radius 3 is 1.41 bits per heavy atom. The third-order valence-electron chi connectivity index (χ3n) is 2.33. The van der Waals surface area contributed by atoms with Crippen LogP contribution in [-0.4, -0.2) is 30.6 Å². The highest BCUT2D eigenvalue weighted by atomic mass is 19.4. The molecule has 132 valence electrons. The van der Waals surface area contributed by atoms with Gasteiger partial charge >= 0.3 is 24.5 Å². The van der Waals surface area contributed by atoms with Gasteiger partial charge in [0.05, 0.1) is 6.10 Å². The monoisotopic (exact) mass is 354 g/mol. The summed E-state index contributed by atoms with van der Waals surface area (Å²) in [4.78, 5) is 0. The van der Waals surface area contributed by atoms with Crippen LogP contribution in [0, 0.1) is 0 Å². The van der Waals surface area contributed by atoms with Crippen LogP contribution >= 0.6 is 0 Å². The molecule has 0 fully saturated rings. The molecule has 0 spiro atoms. The Morgan fingerprint density at radius 2 is 1.18 bits per heavy atom. The van der Waals surface area contributed by atoms with Gasteiger partial charge in [0, 0.05) is 0 Å². The lowest BCUT2D eigenvalue weighted by Gasteiger charge is -2.29. The van der Waals surface area contributed by atoms with Crippen molar-refractivity contribution >= 4 is 0 Å². The molecule has 1 unspecified atom stereocenters. The Hall–Kier alpha value is -1.23. The van der Waals surface area contributed by atoms with Crippen molar-refractivity contribution in [2.45, 2.75) is 50.8 Å². The van der Waals surface area contributed by atoms with E-state index in [-0.39, 0.29) is 0 Å². The SMILES string of the molecule is CCC(C)OC(=C(C(F)(F)F)C(F)(F)F)C(F)(F)C(F)(F)F. The van der Waals surface area contributed by atoms with Crippen molar-refractivity contribution in [2.24, 2.45) is 0 Å². The normalized spacial score (nSPS) is 15.5. The summed E-state index contributed by atoms with van der Waals surface area (Å²) in [5.74, 6) is -9.97. The second-order valence-electron chi connectivity index (χ2n) is 4.11. The third kappa shape index (κ3) is 4.63. The van der Waals surface area contributed by atoms with Crippen molar-refractivity contribution < 1.29 is 53.0 Å². The standard InChI is InChI=1S/C10H9F11O/c1-3-4(2)22-6(7(11,12)10(19,20)21)5(8(13,14)15)9(16,17)18/h4H,3H2,1-2H3. The fraction of sp³-hybridized carbons (Fsp3) is 0.800. The van der Waals surface area contributed by atoms with E-state index >= 15 is 0 Å². The number of ether oxygens (including phenoxy) is 1. The van der Waals surface area contributed by atoms with Crippen molar-refractivity contribution in [2.75, 3.05) is 0 Å². The highest BCUT2D eigenvalue weighted by molar-refractivity contribution is 5.26. The molecule has 1 atom stereocenters. The van der Waals surface area contributed by atoms with Crippen molar-refractivity contribution in [3.05, 3.63) is 11.3 Å². The molecule has 0 aliphatic rings. The summed E-state index contributed by atoms with van der Waals surface area (Å²) in [5, 5.41) is 0. The van der Waals surface area contributed by atoms with Crippen LogP contribution in [0.2, 0.25) is 0 Å². The van der Waals surface area contributed by atoms with Crippen LogP contribution in [0.15, 0.2) is 11.3 Å².